The van der Waals surface area contributed by atoms with Crippen molar-refractivity contribution < 1.29 is 19.4 Å². The summed E-state index contributed by atoms with van der Waals surface area (Å²) in [6.07, 6.45) is 1.66. The standard InChI is InChI=1S/C13H15ClO4S/c1-3-17-13(16)7-6-8(14)11-10(12(7)19-2)9(15)4-5-18-11/h6,9,15H,3-5H2,1-2H3. The SMILES string of the molecule is CCOC(=O)c1cc(Cl)c2c(c1SC)C(O)CCO2. The maximum absolute atomic E-state index is 12.0. The van der Waals surface area contributed by atoms with E-state index in [1.54, 1.807) is 13.0 Å². The molecule has 0 amide bonds. The van der Waals surface area contributed by atoms with Crippen molar-refractivity contribution >= 4 is 29.3 Å². The molecule has 0 aliphatic carbocycles. The van der Waals surface area contributed by atoms with Gasteiger partial charge in [0.2, 0.25) is 0 Å². The van der Waals surface area contributed by atoms with E-state index in [0.717, 1.165) is 0 Å². The molecule has 0 fully saturated rings. The van der Waals surface area contributed by atoms with Gasteiger partial charge in [0.25, 0.3) is 0 Å². The average Bonchev–Trinajstić information content (AvgIpc) is 2.39. The average molecular weight is 303 g/mol. The van der Waals surface area contributed by atoms with Crippen LogP contribution in [-0.2, 0) is 4.74 Å². The Morgan fingerprint density at radius 1 is 1.68 bits per heavy atom. The number of hydrogen-bond acceptors (Lipinski definition) is 5. The highest BCUT2D eigenvalue weighted by molar-refractivity contribution is 7.98. The molecule has 1 atom stereocenters. The molecule has 0 radical (unpaired) electrons. The number of aliphatic hydroxyl groups is 1. The van der Waals surface area contributed by atoms with E-state index in [1.807, 2.05) is 6.26 Å². The van der Waals surface area contributed by atoms with Gasteiger partial charge in [-0.1, -0.05) is 11.6 Å². The van der Waals surface area contributed by atoms with Crippen LogP contribution in [0.2, 0.25) is 5.02 Å². The second-order valence-corrected chi connectivity index (χ2v) is 5.28. The third-order valence-corrected chi connectivity index (χ3v) is 4.02. The Hall–Kier alpha value is -0.910. The highest BCUT2D eigenvalue weighted by atomic mass is 35.5. The molecule has 1 N–H and O–H groups in total. The van der Waals surface area contributed by atoms with E-state index in [9.17, 15) is 9.90 Å². The third-order valence-electron chi connectivity index (χ3n) is 2.89. The third kappa shape index (κ3) is 2.68. The fourth-order valence-electron chi connectivity index (χ4n) is 2.08. The number of rotatable bonds is 3. The summed E-state index contributed by atoms with van der Waals surface area (Å²) in [7, 11) is 0. The normalized spacial score (nSPS) is 17.6. The van der Waals surface area contributed by atoms with Gasteiger partial charge < -0.3 is 14.6 Å². The van der Waals surface area contributed by atoms with E-state index >= 15 is 0 Å². The second-order valence-electron chi connectivity index (χ2n) is 4.06. The van der Waals surface area contributed by atoms with Gasteiger partial charge in [0.15, 0.2) is 0 Å². The summed E-state index contributed by atoms with van der Waals surface area (Å²) in [5.41, 5.74) is 0.969. The van der Waals surface area contributed by atoms with Gasteiger partial charge in [-0.25, -0.2) is 4.79 Å². The van der Waals surface area contributed by atoms with Gasteiger partial charge in [-0.3, -0.25) is 0 Å². The van der Waals surface area contributed by atoms with Crippen LogP contribution in [0, 0.1) is 0 Å². The summed E-state index contributed by atoms with van der Waals surface area (Å²) in [5, 5.41) is 10.5. The number of ether oxygens (including phenoxy) is 2. The van der Waals surface area contributed by atoms with Crippen molar-refractivity contribution in [3.05, 3.63) is 22.2 Å². The monoisotopic (exact) mass is 302 g/mol. The van der Waals surface area contributed by atoms with Crippen LogP contribution in [-0.4, -0.2) is 30.5 Å². The summed E-state index contributed by atoms with van der Waals surface area (Å²) < 4.78 is 10.5. The van der Waals surface area contributed by atoms with Gasteiger partial charge in [0.1, 0.15) is 5.75 Å². The van der Waals surface area contributed by atoms with Crippen LogP contribution < -0.4 is 4.74 Å². The first-order valence-electron chi connectivity index (χ1n) is 5.98. The number of carbonyl (C=O) groups excluding carboxylic acids is 1. The fraction of sp³-hybridized carbons (Fsp3) is 0.462. The molecule has 2 rings (SSSR count). The van der Waals surface area contributed by atoms with Gasteiger partial charge in [0.05, 0.1) is 29.9 Å². The molecule has 1 unspecified atom stereocenters. The zero-order valence-corrected chi connectivity index (χ0v) is 12.3. The Morgan fingerprint density at radius 2 is 2.42 bits per heavy atom. The second kappa shape index (κ2) is 6.03. The molecule has 1 aliphatic heterocycles. The summed E-state index contributed by atoms with van der Waals surface area (Å²) in [6.45, 7) is 2.45. The first-order chi connectivity index (χ1) is 9.10. The van der Waals surface area contributed by atoms with E-state index in [-0.39, 0.29) is 0 Å². The topological polar surface area (TPSA) is 55.8 Å². The molecule has 0 bridgehead atoms. The quantitative estimate of drug-likeness (QED) is 0.687. The van der Waals surface area contributed by atoms with Crippen LogP contribution >= 0.6 is 23.4 Å². The Labute approximate surface area is 121 Å². The predicted molar refractivity (Wildman–Crippen MR) is 74.3 cm³/mol. The minimum absolute atomic E-state index is 0.292. The molecule has 1 aromatic rings. The van der Waals surface area contributed by atoms with E-state index < -0.39 is 12.1 Å². The van der Waals surface area contributed by atoms with Crippen molar-refractivity contribution in [2.75, 3.05) is 19.5 Å². The van der Waals surface area contributed by atoms with Crippen molar-refractivity contribution in [1.82, 2.24) is 0 Å². The Balaban J connectivity index is 2.60. The van der Waals surface area contributed by atoms with E-state index in [1.165, 1.54) is 11.8 Å². The number of esters is 1. The Bertz CT molecular complexity index is 504. The van der Waals surface area contributed by atoms with Crippen LogP contribution in [0.1, 0.15) is 35.4 Å². The van der Waals surface area contributed by atoms with Gasteiger partial charge in [0, 0.05) is 16.9 Å². The first-order valence-corrected chi connectivity index (χ1v) is 7.58. The molecule has 19 heavy (non-hydrogen) atoms. The van der Waals surface area contributed by atoms with Crippen LogP contribution in [0.15, 0.2) is 11.0 Å². The molecule has 4 nitrogen and oxygen atoms in total. The number of halogens is 1. The number of thioether (sulfide) groups is 1. The lowest BCUT2D eigenvalue weighted by Crippen LogP contribution is -2.17. The molecule has 1 aromatic carbocycles. The van der Waals surface area contributed by atoms with E-state index in [4.69, 9.17) is 21.1 Å². The molecular formula is C13H15ClO4S. The molecule has 1 aliphatic rings. The molecular weight excluding hydrogens is 288 g/mol. The van der Waals surface area contributed by atoms with Crippen molar-refractivity contribution in [2.45, 2.75) is 24.3 Å². The van der Waals surface area contributed by atoms with Crippen molar-refractivity contribution in [2.24, 2.45) is 0 Å². The molecule has 0 spiro atoms. The van der Waals surface area contributed by atoms with Gasteiger partial charge >= 0.3 is 5.97 Å². The highest BCUT2D eigenvalue weighted by Gasteiger charge is 2.29. The molecule has 0 saturated heterocycles. The molecule has 1 heterocycles. The van der Waals surface area contributed by atoms with Crippen molar-refractivity contribution in [3.63, 3.8) is 0 Å². The van der Waals surface area contributed by atoms with Crippen LogP contribution in [0.5, 0.6) is 5.75 Å². The van der Waals surface area contributed by atoms with E-state index in [0.29, 0.717) is 46.4 Å². The predicted octanol–water partition coefficient (Wildman–Crippen LogP) is 3.05. The zero-order chi connectivity index (χ0) is 14.0. The maximum Gasteiger partial charge on any atom is 0.339 e. The smallest absolute Gasteiger partial charge is 0.339 e. The highest BCUT2D eigenvalue weighted by Crippen LogP contribution is 2.45. The summed E-state index contributed by atoms with van der Waals surface area (Å²) in [6, 6.07) is 1.54. The number of hydrogen-bond donors (Lipinski definition) is 1. The molecule has 104 valence electrons. The summed E-state index contributed by atoms with van der Waals surface area (Å²) >= 11 is 7.51. The fourth-order valence-corrected chi connectivity index (χ4v) is 3.16. The van der Waals surface area contributed by atoms with Crippen molar-refractivity contribution in [1.29, 1.82) is 0 Å². The van der Waals surface area contributed by atoms with Gasteiger partial charge in [-0.05, 0) is 19.2 Å². The van der Waals surface area contributed by atoms with E-state index in [2.05, 4.69) is 0 Å². The lowest BCUT2D eigenvalue weighted by Gasteiger charge is -2.26. The minimum Gasteiger partial charge on any atom is -0.491 e. The van der Waals surface area contributed by atoms with Gasteiger partial charge in [-0.15, -0.1) is 11.8 Å². The number of aliphatic hydroxyl groups excluding tert-OH is 1. The zero-order valence-electron chi connectivity index (χ0n) is 10.7. The Kier molecular flexibility index (Phi) is 4.60. The van der Waals surface area contributed by atoms with Crippen LogP contribution in [0.25, 0.3) is 0 Å². The summed E-state index contributed by atoms with van der Waals surface area (Å²) in [5.74, 6) is 0.0344. The Morgan fingerprint density at radius 3 is 3.05 bits per heavy atom. The lowest BCUT2D eigenvalue weighted by molar-refractivity contribution is 0.0520. The first kappa shape index (κ1) is 14.5. The molecule has 6 heteroatoms. The van der Waals surface area contributed by atoms with Gasteiger partial charge in [-0.2, -0.15) is 0 Å². The van der Waals surface area contributed by atoms with Crippen molar-refractivity contribution in [3.8, 4) is 5.75 Å². The largest absolute Gasteiger partial charge is 0.491 e. The van der Waals surface area contributed by atoms with Crippen LogP contribution in [0.3, 0.4) is 0 Å². The lowest BCUT2D eigenvalue weighted by atomic mass is 10.00. The molecule has 0 saturated carbocycles. The number of benzene rings is 1. The minimum atomic E-state index is -0.668. The number of fused-ring (bicyclic) bond motifs is 1. The molecule has 0 aromatic heterocycles. The summed E-state index contributed by atoms with van der Waals surface area (Å²) in [4.78, 5) is 12.6. The number of carbonyl (C=O) groups is 1. The maximum atomic E-state index is 12.0. The van der Waals surface area contributed by atoms with Crippen LogP contribution in [0.4, 0.5) is 0 Å².